The first-order chi connectivity index (χ1) is 8.36. The number of fused-ring (bicyclic) bond motifs is 2. The van der Waals surface area contributed by atoms with Crippen molar-refractivity contribution in [3.05, 3.63) is 47.1 Å². The molecule has 2 aliphatic heterocycles. The molecule has 1 aromatic carbocycles. The van der Waals surface area contributed by atoms with Crippen LogP contribution in [0.25, 0.3) is 5.70 Å². The van der Waals surface area contributed by atoms with E-state index in [4.69, 9.17) is 4.74 Å². The van der Waals surface area contributed by atoms with Gasteiger partial charge in [0.15, 0.2) is 0 Å². The Labute approximate surface area is 107 Å². The van der Waals surface area contributed by atoms with Crippen LogP contribution in [0.5, 0.6) is 5.75 Å². The monoisotopic (exact) mass is 247 g/mol. The summed E-state index contributed by atoms with van der Waals surface area (Å²) in [6, 6.07) is 8.08. The molecule has 0 bridgehead atoms. The zero-order valence-corrected chi connectivity index (χ0v) is 11.0. The molecule has 0 saturated carbocycles. The average molecular weight is 247 g/mol. The van der Waals surface area contributed by atoms with Crippen LogP contribution in [-0.2, 0) is 0 Å². The second-order valence-electron chi connectivity index (χ2n) is 3.83. The molecular weight excluding hydrogens is 230 g/mol. The van der Waals surface area contributed by atoms with E-state index in [-0.39, 0.29) is 0 Å². The van der Waals surface area contributed by atoms with Crippen molar-refractivity contribution in [2.24, 2.45) is 0 Å². The third kappa shape index (κ3) is 2.67. The number of para-hydroxylation sites is 1. The van der Waals surface area contributed by atoms with Gasteiger partial charge in [-0.15, -0.1) is 11.8 Å². The van der Waals surface area contributed by atoms with Crippen LogP contribution in [0.1, 0.15) is 25.8 Å². The first-order valence-electron chi connectivity index (χ1n) is 5.90. The van der Waals surface area contributed by atoms with E-state index in [1.807, 2.05) is 24.3 Å². The molecule has 90 valence electrons. The Bertz CT molecular complexity index is 451. The number of ether oxygens (including phenoxy) is 1. The van der Waals surface area contributed by atoms with Gasteiger partial charge in [0, 0.05) is 10.5 Å². The van der Waals surface area contributed by atoms with Gasteiger partial charge in [-0.05, 0) is 18.2 Å². The lowest BCUT2D eigenvalue weighted by molar-refractivity contribution is 0.480. The van der Waals surface area contributed by atoms with Gasteiger partial charge in [0.05, 0.1) is 17.8 Å². The van der Waals surface area contributed by atoms with Gasteiger partial charge in [-0.1, -0.05) is 32.4 Å². The summed E-state index contributed by atoms with van der Waals surface area (Å²) in [6.45, 7) is 4.25. The standard InChI is InChI=1S/C11H9NOS.C3H8/c1-2-4-9-8(3-1)11-10(5-6-13-9)14-7-12-11;1-3-2/h1-6,12H,7H2;3H2,1-2H3. The van der Waals surface area contributed by atoms with E-state index in [0.717, 1.165) is 17.2 Å². The highest BCUT2D eigenvalue weighted by Gasteiger charge is 2.19. The van der Waals surface area contributed by atoms with Crippen molar-refractivity contribution in [2.45, 2.75) is 20.3 Å². The number of rotatable bonds is 0. The summed E-state index contributed by atoms with van der Waals surface area (Å²) in [5, 5.41) is 3.37. The Hall–Kier alpha value is -1.35. The van der Waals surface area contributed by atoms with Crippen LogP contribution in [0.3, 0.4) is 0 Å². The van der Waals surface area contributed by atoms with E-state index >= 15 is 0 Å². The van der Waals surface area contributed by atoms with Gasteiger partial charge in [0.2, 0.25) is 0 Å². The van der Waals surface area contributed by atoms with E-state index in [1.165, 1.54) is 17.0 Å². The van der Waals surface area contributed by atoms with Gasteiger partial charge in [-0.2, -0.15) is 0 Å². The lowest BCUT2D eigenvalue weighted by Crippen LogP contribution is -2.05. The summed E-state index contributed by atoms with van der Waals surface area (Å²) in [5.41, 5.74) is 2.34. The Morgan fingerprint density at radius 1 is 1.29 bits per heavy atom. The van der Waals surface area contributed by atoms with Gasteiger partial charge in [-0.25, -0.2) is 0 Å². The Kier molecular flexibility index (Phi) is 4.15. The maximum atomic E-state index is 5.51. The van der Waals surface area contributed by atoms with Crippen molar-refractivity contribution in [1.29, 1.82) is 0 Å². The third-order valence-corrected chi connectivity index (χ3v) is 3.23. The van der Waals surface area contributed by atoms with Gasteiger partial charge in [-0.3, -0.25) is 0 Å². The number of thioether (sulfide) groups is 1. The van der Waals surface area contributed by atoms with E-state index in [9.17, 15) is 0 Å². The second-order valence-corrected chi connectivity index (χ2v) is 4.85. The molecule has 0 spiro atoms. The molecule has 1 aromatic rings. The van der Waals surface area contributed by atoms with Crippen molar-refractivity contribution in [3.8, 4) is 5.75 Å². The molecule has 3 heteroatoms. The molecule has 0 amide bonds. The first kappa shape index (κ1) is 12.1. The molecule has 2 heterocycles. The smallest absolute Gasteiger partial charge is 0.135 e. The summed E-state index contributed by atoms with van der Waals surface area (Å²) >= 11 is 1.80. The normalized spacial score (nSPS) is 15.9. The summed E-state index contributed by atoms with van der Waals surface area (Å²) in [7, 11) is 0. The SMILES string of the molecule is C1=CC2=C(NCS2)c2ccccc2O1.CCC. The third-order valence-electron chi connectivity index (χ3n) is 2.29. The molecule has 0 radical (unpaired) electrons. The van der Waals surface area contributed by atoms with Crippen LogP contribution >= 0.6 is 11.8 Å². The van der Waals surface area contributed by atoms with Crippen LogP contribution in [-0.4, -0.2) is 5.88 Å². The van der Waals surface area contributed by atoms with Crippen LogP contribution in [0.2, 0.25) is 0 Å². The maximum absolute atomic E-state index is 5.51. The minimum Gasteiger partial charge on any atom is -0.464 e. The quantitative estimate of drug-likeness (QED) is 0.749. The highest BCUT2D eigenvalue weighted by atomic mass is 32.2. The predicted molar refractivity (Wildman–Crippen MR) is 74.7 cm³/mol. The molecule has 0 fully saturated rings. The second kappa shape index (κ2) is 5.82. The van der Waals surface area contributed by atoms with Gasteiger partial charge in [0.25, 0.3) is 0 Å². The molecule has 0 atom stereocenters. The molecule has 17 heavy (non-hydrogen) atoms. The van der Waals surface area contributed by atoms with Crippen LogP contribution in [0.15, 0.2) is 41.5 Å². The van der Waals surface area contributed by atoms with E-state index in [0.29, 0.717) is 0 Å². The maximum Gasteiger partial charge on any atom is 0.135 e. The number of hydrogen-bond donors (Lipinski definition) is 1. The molecule has 1 N–H and O–H groups in total. The molecular formula is C14H17NOS. The summed E-state index contributed by atoms with van der Waals surface area (Å²) in [4.78, 5) is 1.26. The fourth-order valence-electron chi connectivity index (χ4n) is 1.65. The number of allylic oxidation sites excluding steroid dienone is 1. The molecule has 2 nitrogen and oxygen atoms in total. The van der Waals surface area contributed by atoms with Crippen molar-refractivity contribution >= 4 is 17.5 Å². The van der Waals surface area contributed by atoms with Gasteiger partial charge >= 0.3 is 0 Å². The zero-order chi connectivity index (χ0) is 12.1. The molecule has 0 saturated heterocycles. The van der Waals surface area contributed by atoms with Gasteiger partial charge in [0.1, 0.15) is 5.75 Å². The Morgan fingerprint density at radius 3 is 2.88 bits per heavy atom. The van der Waals surface area contributed by atoms with Gasteiger partial charge < -0.3 is 10.1 Å². The Balaban J connectivity index is 0.000000329. The van der Waals surface area contributed by atoms with Crippen LogP contribution < -0.4 is 10.1 Å². The van der Waals surface area contributed by atoms with Crippen molar-refractivity contribution in [3.63, 3.8) is 0 Å². The number of hydrogen-bond acceptors (Lipinski definition) is 3. The Morgan fingerprint density at radius 2 is 2.06 bits per heavy atom. The number of nitrogens with one attached hydrogen (secondary N) is 1. The predicted octanol–water partition coefficient (Wildman–Crippen LogP) is 3.97. The topological polar surface area (TPSA) is 21.3 Å². The summed E-state index contributed by atoms with van der Waals surface area (Å²) in [5.74, 6) is 1.87. The average Bonchev–Trinajstić information content (AvgIpc) is 2.73. The first-order valence-corrected chi connectivity index (χ1v) is 6.89. The van der Waals surface area contributed by atoms with Crippen LogP contribution in [0, 0.1) is 0 Å². The van der Waals surface area contributed by atoms with E-state index in [1.54, 1.807) is 18.0 Å². The minimum atomic E-state index is 0.920. The summed E-state index contributed by atoms with van der Waals surface area (Å²) < 4.78 is 5.51. The van der Waals surface area contributed by atoms with Crippen LogP contribution in [0.4, 0.5) is 0 Å². The molecule has 0 unspecified atom stereocenters. The lowest BCUT2D eigenvalue weighted by atomic mass is 10.1. The highest BCUT2D eigenvalue weighted by molar-refractivity contribution is 8.03. The fraction of sp³-hybridized carbons (Fsp3) is 0.286. The largest absolute Gasteiger partial charge is 0.464 e. The number of benzene rings is 1. The van der Waals surface area contributed by atoms with Crippen molar-refractivity contribution in [2.75, 3.05) is 5.88 Å². The molecule has 3 rings (SSSR count). The van der Waals surface area contributed by atoms with E-state index in [2.05, 4.69) is 25.2 Å². The minimum absolute atomic E-state index is 0.920. The molecule has 0 aromatic heterocycles. The highest BCUT2D eigenvalue weighted by Crippen LogP contribution is 2.37. The summed E-state index contributed by atoms with van der Waals surface area (Å²) in [6.07, 6.45) is 5.02. The van der Waals surface area contributed by atoms with E-state index < -0.39 is 0 Å². The van der Waals surface area contributed by atoms with Crippen molar-refractivity contribution in [1.82, 2.24) is 5.32 Å². The fourth-order valence-corrected chi connectivity index (χ4v) is 2.50. The lowest BCUT2D eigenvalue weighted by Gasteiger charge is -2.07. The zero-order valence-electron chi connectivity index (χ0n) is 10.2. The molecule has 2 aliphatic rings. The van der Waals surface area contributed by atoms with Crippen molar-refractivity contribution < 1.29 is 4.74 Å². The molecule has 0 aliphatic carbocycles.